The molecule has 3 aromatic heterocycles. The second-order valence-electron chi connectivity index (χ2n) is 24.5. The second-order valence-corrected chi connectivity index (χ2v) is 25.8. The van der Waals surface area contributed by atoms with Crippen LogP contribution in [0.25, 0.3) is 27.0 Å². The van der Waals surface area contributed by atoms with E-state index in [1.54, 1.807) is 29.2 Å². The van der Waals surface area contributed by atoms with E-state index in [9.17, 15) is 19.5 Å². The Bertz CT molecular complexity index is 3230. The lowest BCUT2D eigenvalue weighted by Gasteiger charge is -2.36. The standard InChI is InChI=1S/C63H82ClN9O9S/c1-40-56(83-39-65-40)45-17-15-44(16-18-45)51(38-82-32-31-81-30-29-80-28-27-79-26-25-78-7)66-58(75)54-34-47(74)36-71(54)60(77)57(62(2,3)4)72-37-50(68-69-72)43-13-11-41(12-14-43)35-70-23-21-42(22-24-70)46-19-20-48-53(33-46)73-52-10-8-9-49(64)55(52)59(76)67-61(73)63(48,5)6/h8-10,15-20,33,37,39,41-43,47,51,54,57,74H,11-14,21-32,34-36,38H2,1-7H3,(H,66,75)/t41?,43?,47-,51+,54+,57-/m1/s1. The zero-order valence-electron chi connectivity index (χ0n) is 49.2. The third kappa shape index (κ3) is 13.8. The molecule has 3 aromatic carbocycles. The highest BCUT2D eigenvalue weighted by molar-refractivity contribution is 7.13. The minimum absolute atomic E-state index is 0.0238. The molecule has 3 aliphatic heterocycles. The van der Waals surface area contributed by atoms with Crippen LogP contribution >= 0.6 is 22.9 Å². The van der Waals surface area contributed by atoms with Gasteiger partial charge in [0.1, 0.15) is 17.9 Å². The third-order valence-corrected chi connectivity index (χ3v) is 18.7. The van der Waals surface area contributed by atoms with E-state index in [2.05, 4.69) is 62.0 Å². The Hall–Kier alpha value is -5.48. The molecule has 3 fully saturated rings. The number of ether oxygens (including phenoxy) is 5. The van der Waals surface area contributed by atoms with Crippen molar-refractivity contribution in [3.8, 4) is 16.1 Å². The summed E-state index contributed by atoms with van der Waals surface area (Å²) in [4.78, 5) is 56.9. The lowest BCUT2D eigenvalue weighted by Crippen LogP contribution is -2.51. The molecule has 83 heavy (non-hydrogen) atoms. The number of hydrogen-bond donors (Lipinski definition) is 2. The van der Waals surface area contributed by atoms with Gasteiger partial charge >= 0.3 is 0 Å². The monoisotopic (exact) mass is 1180 g/mol. The van der Waals surface area contributed by atoms with E-state index in [1.165, 1.54) is 16.0 Å². The number of halogens is 1. The Kier molecular flexibility index (Phi) is 19.6. The number of aliphatic hydroxyl groups excluding tert-OH is 1. The van der Waals surface area contributed by atoms with Crippen molar-refractivity contribution < 1.29 is 38.4 Å². The lowest BCUT2D eigenvalue weighted by molar-refractivity contribution is -0.144. The molecular weight excluding hydrogens is 1090 g/mol. The first-order valence-electron chi connectivity index (χ1n) is 29.6. The minimum atomic E-state index is -0.917. The number of fused-ring (bicyclic) bond motifs is 5. The Balaban J connectivity index is 0.729. The van der Waals surface area contributed by atoms with Crippen LogP contribution in [-0.4, -0.2) is 161 Å². The van der Waals surface area contributed by atoms with Crippen molar-refractivity contribution in [2.24, 2.45) is 11.3 Å². The molecule has 4 aliphatic rings. The Morgan fingerprint density at radius 1 is 0.880 bits per heavy atom. The van der Waals surface area contributed by atoms with Crippen molar-refractivity contribution in [1.29, 1.82) is 0 Å². The number of nitrogens with one attached hydrogen (secondary N) is 1. The van der Waals surface area contributed by atoms with Crippen LogP contribution < -0.4 is 10.9 Å². The molecule has 18 nitrogen and oxygen atoms in total. The summed E-state index contributed by atoms with van der Waals surface area (Å²) >= 11 is 8.14. The molecule has 0 spiro atoms. The van der Waals surface area contributed by atoms with Gasteiger partial charge in [0.05, 0.1) is 120 Å². The largest absolute Gasteiger partial charge is 0.391 e. The quantitative estimate of drug-likeness (QED) is 0.0545. The summed E-state index contributed by atoms with van der Waals surface area (Å²) in [6, 6.07) is 18.3. The molecule has 2 saturated heterocycles. The van der Waals surface area contributed by atoms with E-state index >= 15 is 0 Å². The topological polar surface area (TPSA) is 198 Å². The first kappa shape index (κ1) is 60.6. The second kappa shape index (κ2) is 26.8. The lowest BCUT2D eigenvalue weighted by atomic mass is 9.80. The summed E-state index contributed by atoms with van der Waals surface area (Å²) in [6.45, 7) is 19.1. The molecule has 0 radical (unpaired) electrons. The molecule has 10 rings (SSSR count). The molecule has 446 valence electrons. The zero-order valence-corrected chi connectivity index (χ0v) is 50.8. The number of likely N-dealkylation sites (tertiary alicyclic amines) is 2. The minimum Gasteiger partial charge on any atom is -0.391 e. The maximum atomic E-state index is 15.0. The van der Waals surface area contributed by atoms with Gasteiger partial charge in [-0.2, -0.15) is 4.98 Å². The number of methoxy groups -OCH3 is 1. The number of carbonyl (C=O) groups is 2. The van der Waals surface area contributed by atoms with Crippen LogP contribution in [-0.2, 0) is 38.7 Å². The van der Waals surface area contributed by atoms with Crippen molar-refractivity contribution in [1.82, 2.24) is 44.6 Å². The third-order valence-electron chi connectivity index (χ3n) is 17.4. The van der Waals surface area contributed by atoms with Gasteiger partial charge in [-0.1, -0.05) is 80.1 Å². The number of hydrogen-bond acceptors (Lipinski definition) is 15. The number of piperidine rings is 1. The van der Waals surface area contributed by atoms with Gasteiger partial charge in [-0.05, 0) is 130 Å². The normalized spacial score (nSPS) is 20.9. The molecule has 2 N–H and O–H groups in total. The summed E-state index contributed by atoms with van der Waals surface area (Å²) in [5, 5.41) is 24.6. The Morgan fingerprint density at radius 2 is 1.57 bits per heavy atom. The number of benzene rings is 3. The summed E-state index contributed by atoms with van der Waals surface area (Å²) in [6.07, 6.45) is 7.50. The van der Waals surface area contributed by atoms with Crippen LogP contribution in [0.4, 0.5) is 0 Å². The molecule has 1 aliphatic carbocycles. The van der Waals surface area contributed by atoms with Gasteiger partial charge in [0, 0.05) is 38.7 Å². The average Bonchev–Trinajstić information content (AvgIpc) is 2.14. The summed E-state index contributed by atoms with van der Waals surface area (Å²) in [7, 11) is 1.64. The maximum Gasteiger partial charge on any atom is 0.282 e. The Morgan fingerprint density at radius 3 is 2.23 bits per heavy atom. The van der Waals surface area contributed by atoms with E-state index in [0.29, 0.717) is 75.1 Å². The number of amides is 2. The van der Waals surface area contributed by atoms with Gasteiger partial charge in [-0.15, -0.1) is 16.4 Å². The van der Waals surface area contributed by atoms with Crippen molar-refractivity contribution in [2.75, 3.05) is 92.8 Å². The van der Waals surface area contributed by atoms with Crippen LogP contribution in [0, 0.1) is 18.3 Å². The van der Waals surface area contributed by atoms with Gasteiger partial charge < -0.3 is 43.9 Å². The first-order valence-corrected chi connectivity index (χ1v) is 30.9. The fraction of sp³-hybridized carbons (Fsp3) is 0.571. The maximum absolute atomic E-state index is 15.0. The molecule has 20 heteroatoms. The number of aromatic nitrogens is 6. The number of nitrogens with zero attached hydrogens (tertiary/aromatic N) is 8. The van der Waals surface area contributed by atoms with Crippen molar-refractivity contribution in [3.05, 3.63) is 122 Å². The van der Waals surface area contributed by atoms with Crippen molar-refractivity contribution in [3.63, 3.8) is 0 Å². The van der Waals surface area contributed by atoms with Gasteiger partial charge in [0.25, 0.3) is 5.56 Å². The smallest absolute Gasteiger partial charge is 0.282 e. The number of rotatable bonds is 24. The van der Waals surface area contributed by atoms with E-state index in [-0.39, 0.29) is 42.9 Å². The molecule has 4 atom stereocenters. The highest BCUT2D eigenvalue weighted by atomic mass is 35.5. The fourth-order valence-electron chi connectivity index (χ4n) is 12.9. The molecule has 0 bridgehead atoms. The first-order chi connectivity index (χ1) is 40.0. The molecule has 2 amide bonds. The van der Waals surface area contributed by atoms with Crippen LogP contribution in [0.5, 0.6) is 0 Å². The molecule has 0 unspecified atom stereocenters. The van der Waals surface area contributed by atoms with Crippen LogP contribution in [0.1, 0.15) is 137 Å². The predicted molar refractivity (Wildman–Crippen MR) is 321 cm³/mol. The Labute approximate surface area is 496 Å². The zero-order chi connectivity index (χ0) is 58.4. The summed E-state index contributed by atoms with van der Waals surface area (Å²) < 4.78 is 31.7. The van der Waals surface area contributed by atoms with E-state index < -0.39 is 35.1 Å². The SMILES string of the molecule is COCCOCCOCCOCCOC[C@H](NC(=O)[C@@H]1C[C@@H](O)CN1C(=O)[C@@H](n1cc(C2CCC(CN3CCC(c4ccc5c(c4)-n4c(nc(=O)c6c(Cl)cccc64)C5(C)C)CC3)CC2)nn1)C(C)(C)C)c1ccc(-c2scnc2C)cc1. The number of thiazole rings is 1. The van der Waals surface area contributed by atoms with Gasteiger partial charge in [-0.3, -0.25) is 19.0 Å². The number of aryl methyl sites for hydroxylation is 1. The van der Waals surface area contributed by atoms with Crippen molar-refractivity contribution in [2.45, 2.75) is 128 Å². The highest BCUT2D eigenvalue weighted by Crippen LogP contribution is 2.45. The van der Waals surface area contributed by atoms with E-state index in [0.717, 1.165) is 103 Å². The molecule has 6 heterocycles. The predicted octanol–water partition coefficient (Wildman–Crippen LogP) is 8.97. The van der Waals surface area contributed by atoms with E-state index in [4.69, 9.17) is 40.4 Å². The van der Waals surface area contributed by atoms with Gasteiger partial charge in [0.2, 0.25) is 11.8 Å². The number of carbonyl (C=O) groups excluding carboxylic acids is 2. The number of β-amino-alcohol motifs (C(OH)–C–C–N with tert-alkyl or cyclic N) is 1. The van der Waals surface area contributed by atoms with Crippen LogP contribution in [0.15, 0.2) is 77.2 Å². The molecular formula is C63H82ClN9O9S. The molecule has 1 saturated carbocycles. The van der Waals surface area contributed by atoms with Crippen LogP contribution in [0.2, 0.25) is 5.02 Å². The molecule has 6 aromatic rings. The van der Waals surface area contributed by atoms with E-state index in [1.807, 2.05) is 75.8 Å². The van der Waals surface area contributed by atoms with Gasteiger partial charge in [-0.25, -0.2) is 9.67 Å². The van der Waals surface area contributed by atoms with Gasteiger partial charge in [0.15, 0.2) is 0 Å². The van der Waals surface area contributed by atoms with Crippen molar-refractivity contribution >= 4 is 45.7 Å². The summed E-state index contributed by atoms with van der Waals surface area (Å²) in [5.74, 6) is 1.36. The highest BCUT2D eigenvalue weighted by Gasteiger charge is 2.46. The fourth-order valence-corrected chi connectivity index (χ4v) is 13.9. The number of aliphatic hydroxyl groups is 1. The van der Waals surface area contributed by atoms with Crippen LogP contribution in [0.3, 0.4) is 0 Å². The average molecular weight is 1180 g/mol. The summed E-state index contributed by atoms with van der Waals surface area (Å²) in [5.41, 5.74) is 8.61.